The lowest BCUT2D eigenvalue weighted by Gasteiger charge is -2.28. The first-order valence-corrected chi connectivity index (χ1v) is 10.5. The number of hydrogen-bond acceptors (Lipinski definition) is 7. The molecule has 2 aliphatic rings. The zero-order chi connectivity index (χ0) is 20.1. The first-order chi connectivity index (χ1) is 14.3. The van der Waals surface area contributed by atoms with Crippen LogP contribution >= 0.6 is 0 Å². The summed E-state index contributed by atoms with van der Waals surface area (Å²) in [5.74, 6) is 1.24. The second kappa shape index (κ2) is 9.10. The smallest absolute Gasteiger partial charge is 0.144 e. The Kier molecular flexibility index (Phi) is 6.11. The van der Waals surface area contributed by atoms with Crippen molar-refractivity contribution in [1.82, 2.24) is 9.97 Å². The molecule has 0 aromatic carbocycles. The average Bonchev–Trinajstić information content (AvgIpc) is 2.74. The van der Waals surface area contributed by atoms with Crippen LogP contribution in [0.1, 0.15) is 37.7 Å². The molecule has 0 saturated carbocycles. The van der Waals surface area contributed by atoms with Gasteiger partial charge >= 0.3 is 0 Å². The normalized spacial score (nSPS) is 18.0. The standard InChI is InChI=1S/C22H28N6O/c23-15-18-20(27-8-4-2-1-3-5-9-27)14-19(26-22(18)24)17-6-7-21(25-16-17)28-10-12-29-13-11-28/h6-7,14,16H,1-5,8-13H2,(H2,24,26). The molecule has 7 nitrogen and oxygen atoms in total. The van der Waals surface area contributed by atoms with Gasteiger partial charge < -0.3 is 20.3 Å². The monoisotopic (exact) mass is 392 g/mol. The van der Waals surface area contributed by atoms with Gasteiger partial charge in [-0.3, -0.25) is 0 Å². The number of rotatable bonds is 3. The van der Waals surface area contributed by atoms with E-state index >= 15 is 0 Å². The molecule has 152 valence electrons. The van der Waals surface area contributed by atoms with E-state index in [0.717, 1.165) is 75.0 Å². The van der Waals surface area contributed by atoms with Gasteiger partial charge in [0.25, 0.3) is 0 Å². The van der Waals surface area contributed by atoms with Crippen molar-refractivity contribution in [2.24, 2.45) is 0 Å². The van der Waals surface area contributed by atoms with Crippen LogP contribution in [0.5, 0.6) is 0 Å². The third kappa shape index (κ3) is 4.43. The summed E-state index contributed by atoms with van der Waals surface area (Å²) >= 11 is 0. The highest BCUT2D eigenvalue weighted by Crippen LogP contribution is 2.31. The topological polar surface area (TPSA) is 91.3 Å². The van der Waals surface area contributed by atoms with Gasteiger partial charge in [-0.15, -0.1) is 0 Å². The van der Waals surface area contributed by atoms with E-state index in [0.29, 0.717) is 11.4 Å². The van der Waals surface area contributed by atoms with Crippen LogP contribution in [-0.4, -0.2) is 49.4 Å². The maximum atomic E-state index is 9.67. The molecule has 0 amide bonds. The number of nitrogens with two attached hydrogens (primary N) is 1. The van der Waals surface area contributed by atoms with E-state index in [4.69, 9.17) is 10.5 Å². The molecule has 0 spiro atoms. The molecular weight excluding hydrogens is 364 g/mol. The number of ether oxygens (including phenoxy) is 1. The number of aromatic nitrogens is 2. The summed E-state index contributed by atoms with van der Waals surface area (Å²) in [5.41, 5.74) is 9.24. The molecule has 2 N–H and O–H groups in total. The van der Waals surface area contributed by atoms with Gasteiger partial charge in [0.2, 0.25) is 0 Å². The molecule has 4 heterocycles. The maximum Gasteiger partial charge on any atom is 0.144 e. The molecule has 2 saturated heterocycles. The highest BCUT2D eigenvalue weighted by atomic mass is 16.5. The van der Waals surface area contributed by atoms with E-state index in [9.17, 15) is 5.26 Å². The predicted octanol–water partition coefficient (Wildman–Crippen LogP) is 3.20. The van der Waals surface area contributed by atoms with Crippen LogP contribution in [0.3, 0.4) is 0 Å². The van der Waals surface area contributed by atoms with Crippen LogP contribution in [0.25, 0.3) is 11.3 Å². The van der Waals surface area contributed by atoms with Crippen molar-refractivity contribution in [3.63, 3.8) is 0 Å². The lowest BCUT2D eigenvalue weighted by molar-refractivity contribution is 0.122. The number of hydrogen-bond donors (Lipinski definition) is 1. The summed E-state index contributed by atoms with van der Waals surface area (Å²) in [4.78, 5) is 13.7. The zero-order valence-corrected chi connectivity index (χ0v) is 16.8. The Balaban J connectivity index is 1.63. The minimum absolute atomic E-state index is 0.291. The SMILES string of the molecule is N#Cc1c(N2CCCCCCC2)cc(-c2ccc(N3CCOCC3)nc2)nc1N. The second-order valence-electron chi connectivity index (χ2n) is 7.66. The van der Waals surface area contributed by atoms with Crippen LogP contribution in [-0.2, 0) is 4.74 Å². The number of nitrogens with zero attached hydrogens (tertiary/aromatic N) is 5. The van der Waals surface area contributed by atoms with Crippen molar-refractivity contribution in [2.75, 3.05) is 54.9 Å². The van der Waals surface area contributed by atoms with E-state index in [1.165, 1.54) is 19.3 Å². The fourth-order valence-electron chi connectivity index (χ4n) is 4.07. The molecule has 2 aromatic heterocycles. The lowest BCUT2D eigenvalue weighted by Crippen LogP contribution is -2.36. The first-order valence-electron chi connectivity index (χ1n) is 10.5. The van der Waals surface area contributed by atoms with Gasteiger partial charge in [0.05, 0.1) is 24.6 Å². The number of morpholine rings is 1. The van der Waals surface area contributed by atoms with Gasteiger partial charge in [0.15, 0.2) is 0 Å². The van der Waals surface area contributed by atoms with Crippen LogP contribution in [0.15, 0.2) is 24.4 Å². The molecule has 2 aliphatic heterocycles. The zero-order valence-electron chi connectivity index (χ0n) is 16.8. The quantitative estimate of drug-likeness (QED) is 0.857. The van der Waals surface area contributed by atoms with Crippen molar-refractivity contribution in [3.05, 3.63) is 30.0 Å². The van der Waals surface area contributed by atoms with Crippen LogP contribution in [0, 0.1) is 11.3 Å². The van der Waals surface area contributed by atoms with Gasteiger partial charge in [0.1, 0.15) is 23.3 Å². The predicted molar refractivity (Wildman–Crippen MR) is 115 cm³/mol. The molecule has 29 heavy (non-hydrogen) atoms. The fraction of sp³-hybridized carbons (Fsp3) is 0.500. The number of anilines is 3. The highest BCUT2D eigenvalue weighted by molar-refractivity contribution is 5.75. The average molecular weight is 393 g/mol. The third-order valence-corrected chi connectivity index (χ3v) is 5.71. The van der Waals surface area contributed by atoms with E-state index in [1.807, 2.05) is 24.4 Å². The number of nitrogen functional groups attached to an aromatic ring is 1. The molecule has 2 aromatic rings. The van der Waals surface area contributed by atoms with Crippen molar-refractivity contribution < 1.29 is 4.74 Å². The van der Waals surface area contributed by atoms with Gasteiger partial charge in [-0.05, 0) is 31.0 Å². The van der Waals surface area contributed by atoms with Crippen LogP contribution in [0.4, 0.5) is 17.3 Å². The number of pyridine rings is 2. The molecule has 0 unspecified atom stereocenters. The summed E-state index contributed by atoms with van der Waals surface area (Å²) in [6.07, 6.45) is 7.88. The summed E-state index contributed by atoms with van der Waals surface area (Å²) in [5, 5.41) is 9.67. The van der Waals surface area contributed by atoms with Crippen LogP contribution in [0.2, 0.25) is 0 Å². The van der Waals surface area contributed by atoms with E-state index in [-0.39, 0.29) is 0 Å². The van der Waals surface area contributed by atoms with Crippen molar-refractivity contribution in [1.29, 1.82) is 5.26 Å². The van der Waals surface area contributed by atoms with E-state index < -0.39 is 0 Å². The van der Waals surface area contributed by atoms with Crippen LogP contribution < -0.4 is 15.5 Å². The Morgan fingerprint density at radius 2 is 1.69 bits per heavy atom. The molecule has 0 bridgehead atoms. The molecule has 2 fully saturated rings. The summed E-state index contributed by atoms with van der Waals surface area (Å²) < 4.78 is 5.41. The molecule has 7 heteroatoms. The van der Waals surface area contributed by atoms with Crippen molar-refractivity contribution >= 4 is 17.3 Å². The van der Waals surface area contributed by atoms with E-state index in [1.54, 1.807) is 0 Å². The largest absolute Gasteiger partial charge is 0.383 e. The van der Waals surface area contributed by atoms with Gasteiger partial charge in [-0.1, -0.05) is 19.3 Å². The van der Waals surface area contributed by atoms with Crippen molar-refractivity contribution in [3.8, 4) is 17.3 Å². The van der Waals surface area contributed by atoms with Crippen molar-refractivity contribution in [2.45, 2.75) is 32.1 Å². The molecule has 0 atom stereocenters. The minimum Gasteiger partial charge on any atom is -0.383 e. The summed E-state index contributed by atoms with van der Waals surface area (Å²) in [7, 11) is 0. The van der Waals surface area contributed by atoms with Gasteiger partial charge in [-0.25, -0.2) is 9.97 Å². The Labute approximate surface area is 172 Å². The Morgan fingerprint density at radius 3 is 2.34 bits per heavy atom. The first kappa shape index (κ1) is 19.5. The maximum absolute atomic E-state index is 9.67. The Morgan fingerprint density at radius 1 is 0.966 bits per heavy atom. The molecule has 0 aliphatic carbocycles. The summed E-state index contributed by atoms with van der Waals surface area (Å²) in [6, 6.07) is 8.32. The highest BCUT2D eigenvalue weighted by Gasteiger charge is 2.19. The summed E-state index contributed by atoms with van der Waals surface area (Å²) in [6.45, 7) is 5.07. The fourth-order valence-corrected chi connectivity index (χ4v) is 4.07. The Hall–Kier alpha value is -2.85. The van der Waals surface area contributed by atoms with Gasteiger partial charge in [-0.2, -0.15) is 5.26 Å². The third-order valence-electron chi connectivity index (χ3n) is 5.71. The van der Waals surface area contributed by atoms with Gasteiger partial charge in [0, 0.05) is 37.9 Å². The molecular formula is C22H28N6O. The Bertz CT molecular complexity index is 862. The van der Waals surface area contributed by atoms with E-state index in [2.05, 4.69) is 25.8 Å². The minimum atomic E-state index is 0.291. The molecule has 0 radical (unpaired) electrons. The number of nitriles is 1. The second-order valence-corrected chi connectivity index (χ2v) is 7.66. The lowest BCUT2D eigenvalue weighted by atomic mass is 10.1. The molecule has 4 rings (SSSR count).